The van der Waals surface area contributed by atoms with Gasteiger partial charge in [-0.2, -0.15) is 0 Å². The summed E-state index contributed by atoms with van der Waals surface area (Å²) in [4.78, 5) is 25.8. The van der Waals surface area contributed by atoms with Crippen LogP contribution in [0.1, 0.15) is 33.1 Å². The Hall–Kier alpha value is -1.14. The second kappa shape index (κ2) is 9.72. The summed E-state index contributed by atoms with van der Waals surface area (Å²) in [5.41, 5.74) is 0. The molecule has 0 aromatic heterocycles. The summed E-state index contributed by atoms with van der Waals surface area (Å²) in [6.45, 7) is 7.04. The van der Waals surface area contributed by atoms with Gasteiger partial charge in [0.2, 0.25) is 0 Å². The zero-order valence-electron chi connectivity index (χ0n) is 12.4. The van der Waals surface area contributed by atoms with Gasteiger partial charge in [-0.15, -0.1) is 0 Å². The van der Waals surface area contributed by atoms with Gasteiger partial charge in [0.1, 0.15) is 6.04 Å². The standard InChI is InChI=1S/C14H25NO5/c1-3-7-19-13(16)11-12(14(17)20-8-4-2)15-5-9-18-10-6-15/h12H,3-11H2,1-2H3/t12-/m0/s1. The van der Waals surface area contributed by atoms with Crippen molar-refractivity contribution in [1.82, 2.24) is 4.90 Å². The first kappa shape index (κ1) is 16.9. The molecule has 0 radical (unpaired) electrons. The van der Waals surface area contributed by atoms with Gasteiger partial charge < -0.3 is 14.2 Å². The normalized spacial score (nSPS) is 17.5. The average Bonchev–Trinajstić information content (AvgIpc) is 2.49. The van der Waals surface area contributed by atoms with Crippen LogP contribution >= 0.6 is 0 Å². The molecule has 116 valence electrons. The monoisotopic (exact) mass is 287 g/mol. The van der Waals surface area contributed by atoms with Crippen molar-refractivity contribution < 1.29 is 23.8 Å². The van der Waals surface area contributed by atoms with E-state index < -0.39 is 6.04 Å². The maximum absolute atomic E-state index is 12.1. The molecule has 0 aromatic carbocycles. The van der Waals surface area contributed by atoms with E-state index in [0.717, 1.165) is 12.8 Å². The van der Waals surface area contributed by atoms with Crippen LogP contribution in [0.15, 0.2) is 0 Å². The molecule has 20 heavy (non-hydrogen) atoms. The summed E-state index contributed by atoms with van der Waals surface area (Å²) in [6.07, 6.45) is 1.58. The summed E-state index contributed by atoms with van der Waals surface area (Å²) in [7, 11) is 0. The molecular formula is C14H25NO5. The van der Waals surface area contributed by atoms with E-state index in [-0.39, 0.29) is 18.4 Å². The molecule has 1 saturated heterocycles. The van der Waals surface area contributed by atoms with E-state index in [1.165, 1.54) is 0 Å². The molecule has 6 heteroatoms. The predicted molar refractivity (Wildman–Crippen MR) is 73.3 cm³/mol. The maximum atomic E-state index is 12.1. The summed E-state index contributed by atoms with van der Waals surface area (Å²) < 4.78 is 15.5. The third-order valence-corrected chi connectivity index (χ3v) is 3.03. The number of hydrogen-bond donors (Lipinski definition) is 0. The van der Waals surface area contributed by atoms with Gasteiger partial charge in [-0.25, -0.2) is 0 Å². The molecular weight excluding hydrogens is 262 g/mol. The molecule has 1 atom stereocenters. The van der Waals surface area contributed by atoms with Gasteiger partial charge in [-0.1, -0.05) is 13.8 Å². The minimum absolute atomic E-state index is 0.0442. The average molecular weight is 287 g/mol. The second-order valence-corrected chi connectivity index (χ2v) is 4.76. The summed E-state index contributed by atoms with van der Waals surface area (Å²) in [5, 5.41) is 0. The largest absolute Gasteiger partial charge is 0.466 e. The number of morpholine rings is 1. The molecule has 0 unspecified atom stereocenters. The SMILES string of the molecule is CCCOC(=O)C[C@@H](C(=O)OCCC)N1CCOCC1. The van der Waals surface area contributed by atoms with E-state index in [9.17, 15) is 9.59 Å². The molecule has 1 rings (SSSR count). The highest BCUT2D eigenvalue weighted by molar-refractivity contribution is 5.82. The lowest BCUT2D eigenvalue weighted by molar-refractivity contribution is -0.158. The van der Waals surface area contributed by atoms with Crippen LogP contribution in [0.4, 0.5) is 0 Å². The fraction of sp³-hybridized carbons (Fsp3) is 0.857. The van der Waals surface area contributed by atoms with Gasteiger partial charge >= 0.3 is 11.9 Å². The Morgan fingerprint density at radius 1 is 1.10 bits per heavy atom. The van der Waals surface area contributed by atoms with Crippen LogP contribution in [0.3, 0.4) is 0 Å². The molecule has 0 aromatic rings. The molecule has 0 spiro atoms. The van der Waals surface area contributed by atoms with Gasteiger partial charge in [0.15, 0.2) is 0 Å². The van der Waals surface area contributed by atoms with E-state index in [1.807, 2.05) is 18.7 Å². The molecule has 0 bridgehead atoms. The fourth-order valence-corrected chi connectivity index (χ4v) is 1.98. The smallest absolute Gasteiger partial charge is 0.323 e. The Morgan fingerprint density at radius 3 is 2.30 bits per heavy atom. The van der Waals surface area contributed by atoms with Crippen LogP contribution in [0.5, 0.6) is 0 Å². The van der Waals surface area contributed by atoms with E-state index in [1.54, 1.807) is 0 Å². The van der Waals surface area contributed by atoms with E-state index in [2.05, 4.69) is 0 Å². The Kier molecular flexibility index (Phi) is 8.22. The molecule has 1 heterocycles. The first-order valence-corrected chi connectivity index (χ1v) is 7.33. The van der Waals surface area contributed by atoms with Gasteiger partial charge in [0.25, 0.3) is 0 Å². The summed E-state index contributed by atoms with van der Waals surface area (Å²) in [6, 6.07) is -0.560. The van der Waals surface area contributed by atoms with Crippen LogP contribution in [0.25, 0.3) is 0 Å². The lowest BCUT2D eigenvalue weighted by Gasteiger charge is -2.32. The van der Waals surface area contributed by atoms with Crippen LogP contribution in [-0.4, -0.2) is 62.4 Å². The van der Waals surface area contributed by atoms with Crippen molar-refractivity contribution in [2.75, 3.05) is 39.5 Å². The first-order chi connectivity index (χ1) is 9.69. The highest BCUT2D eigenvalue weighted by atomic mass is 16.5. The Bertz CT molecular complexity index is 302. The minimum atomic E-state index is -0.560. The van der Waals surface area contributed by atoms with Crippen LogP contribution in [0.2, 0.25) is 0 Å². The van der Waals surface area contributed by atoms with E-state index in [0.29, 0.717) is 39.5 Å². The molecule has 6 nitrogen and oxygen atoms in total. The van der Waals surface area contributed by atoms with Crippen molar-refractivity contribution in [2.24, 2.45) is 0 Å². The summed E-state index contributed by atoms with van der Waals surface area (Å²) in [5.74, 6) is -0.695. The van der Waals surface area contributed by atoms with E-state index in [4.69, 9.17) is 14.2 Å². The van der Waals surface area contributed by atoms with Crippen LogP contribution < -0.4 is 0 Å². The van der Waals surface area contributed by atoms with Gasteiger partial charge in [-0.05, 0) is 12.8 Å². The predicted octanol–water partition coefficient (Wildman–Crippen LogP) is 0.984. The topological polar surface area (TPSA) is 65.1 Å². The number of ether oxygens (including phenoxy) is 3. The third-order valence-electron chi connectivity index (χ3n) is 3.03. The molecule has 0 aliphatic carbocycles. The number of hydrogen-bond acceptors (Lipinski definition) is 6. The molecule has 1 fully saturated rings. The minimum Gasteiger partial charge on any atom is -0.466 e. The van der Waals surface area contributed by atoms with Crippen LogP contribution in [-0.2, 0) is 23.8 Å². The number of rotatable bonds is 8. The number of nitrogens with zero attached hydrogens (tertiary/aromatic N) is 1. The number of carbonyl (C=O) groups excluding carboxylic acids is 2. The van der Waals surface area contributed by atoms with Crippen molar-refractivity contribution >= 4 is 11.9 Å². The van der Waals surface area contributed by atoms with Gasteiger partial charge in [-0.3, -0.25) is 14.5 Å². The second-order valence-electron chi connectivity index (χ2n) is 4.76. The quantitative estimate of drug-likeness (QED) is 0.620. The van der Waals surface area contributed by atoms with Crippen molar-refractivity contribution in [2.45, 2.75) is 39.2 Å². The van der Waals surface area contributed by atoms with Crippen molar-refractivity contribution in [3.63, 3.8) is 0 Å². The number of carbonyl (C=O) groups is 2. The maximum Gasteiger partial charge on any atom is 0.323 e. The first-order valence-electron chi connectivity index (χ1n) is 7.33. The van der Waals surface area contributed by atoms with Crippen molar-refractivity contribution in [3.05, 3.63) is 0 Å². The number of esters is 2. The Balaban J connectivity index is 2.57. The lowest BCUT2D eigenvalue weighted by Crippen LogP contribution is -2.49. The highest BCUT2D eigenvalue weighted by Crippen LogP contribution is 2.11. The molecule has 1 aliphatic rings. The van der Waals surface area contributed by atoms with Gasteiger partial charge in [0.05, 0.1) is 32.8 Å². The van der Waals surface area contributed by atoms with E-state index >= 15 is 0 Å². The zero-order valence-corrected chi connectivity index (χ0v) is 12.4. The molecule has 0 N–H and O–H groups in total. The third kappa shape index (κ3) is 5.88. The van der Waals surface area contributed by atoms with Crippen LogP contribution in [0, 0.1) is 0 Å². The molecule has 0 amide bonds. The van der Waals surface area contributed by atoms with Crippen molar-refractivity contribution in [1.29, 1.82) is 0 Å². The Labute approximate surface area is 120 Å². The van der Waals surface area contributed by atoms with Gasteiger partial charge in [0, 0.05) is 13.1 Å². The highest BCUT2D eigenvalue weighted by Gasteiger charge is 2.31. The van der Waals surface area contributed by atoms with Crippen molar-refractivity contribution in [3.8, 4) is 0 Å². The molecule has 1 aliphatic heterocycles. The Morgan fingerprint density at radius 2 is 1.70 bits per heavy atom. The fourth-order valence-electron chi connectivity index (χ4n) is 1.98. The summed E-state index contributed by atoms with van der Waals surface area (Å²) >= 11 is 0. The zero-order chi connectivity index (χ0) is 14.8. The molecule has 0 saturated carbocycles. The lowest BCUT2D eigenvalue weighted by atomic mass is 10.1.